The number of ether oxygens (including phenoxy) is 1. The molecule has 0 aliphatic rings. The smallest absolute Gasteiger partial charge is 0.244 e. The minimum absolute atomic E-state index is 0.236. The van der Waals surface area contributed by atoms with E-state index in [0.29, 0.717) is 24.2 Å². The Morgan fingerprint density at radius 3 is 2.75 bits per heavy atom. The number of rotatable bonds is 6. The number of hydrogen-bond donors (Lipinski definition) is 1. The van der Waals surface area contributed by atoms with Gasteiger partial charge in [-0.2, -0.15) is 4.98 Å². The Bertz CT molecular complexity index is 554. The number of aromatic nitrogens is 2. The van der Waals surface area contributed by atoms with Crippen molar-refractivity contribution in [2.24, 2.45) is 11.7 Å². The molecule has 1 aromatic carbocycles. The fourth-order valence-corrected chi connectivity index (χ4v) is 1.91. The second-order valence-electron chi connectivity index (χ2n) is 4.80. The van der Waals surface area contributed by atoms with Gasteiger partial charge in [0.05, 0.1) is 18.2 Å². The van der Waals surface area contributed by atoms with Gasteiger partial charge in [0.2, 0.25) is 11.7 Å². The SMILES string of the molecule is CCOc1ccccc1-c1noc([C@@H](N)[C@@H](C)CC)n1. The molecule has 0 fully saturated rings. The summed E-state index contributed by atoms with van der Waals surface area (Å²) in [6.45, 7) is 6.69. The lowest BCUT2D eigenvalue weighted by Gasteiger charge is -2.13. The van der Waals surface area contributed by atoms with E-state index in [1.54, 1.807) is 0 Å². The molecule has 0 radical (unpaired) electrons. The maximum absolute atomic E-state index is 6.11. The molecule has 5 heteroatoms. The molecule has 0 aliphatic carbocycles. The van der Waals surface area contributed by atoms with E-state index in [1.807, 2.05) is 31.2 Å². The standard InChI is InChI=1S/C15H21N3O2/c1-4-10(3)13(16)15-17-14(18-20-15)11-8-6-7-9-12(11)19-5-2/h6-10,13H,4-5,16H2,1-3H3/t10-,13-/m0/s1. The van der Waals surface area contributed by atoms with Crippen molar-refractivity contribution in [3.8, 4) is 17.1 Å². The summed E-state index contributed by atoms with van der Waals surface area (Å²) in [6.07, 6.45) is 0.967. The zero-order valence-corrected chi connectivity index (χ0v) is 12.2. The maximum atomic E-state index is 6.11. The number of nitrogens with two attached hydrogens (primary N) is 1. The number of nitrogens with zero attached hydrogens (tertiary/aromatic N) is 2. The van der Waals surface area contributed by atoms with Gasteiger partial charge in [-0.05, 0) is 25.0 Å². The van der Waals surface area contributed by atoms with Crippen molar-refractivity contribution in [1.82, 2.24) is 10.1 Å². The Balaban J connectivity index is 2.29. The molecule has 2 rings (SSSR count). The Kier molecular flexibility index (Phi) is 4.74. The highest BCUT2D eigenvalue weighted by atomic mass is 16.5. The van der Waals surface area contributed by atoms with Crippen molar-refractivity contribution in [3.63, 3.8) is 0 Å². The Hall–Kier alpha value is -1.88. The lowest BCUT2D eigenvalue weighted by atomic mass is 10.0. The third-order valence-corrected chi connectivity index (χ3v) is 3.41. The van der Waals surface area contributed by atoms with Crippen LogP contribution in [-0.4, -0.2) is 16.7 Å². The minimum atomic E-state index is -0.236. The van der Waals surface area contributed by atoms with Crippen molar-refractivity contribution in [2.75, 3.05) is 6.61 Å². The summed E-state index contributed by atoms with van der Waals surface area (Å²) in [5.74, 6) is 2.04. The molecule has 2 N–H and O–H groups in total. The van der Waals surface area contributed by atoms with Crippen LogP contribution in [0, 0.1) is 5.92 Å². The number of hydrogen-bond acceptors (Lipinski definition) is 5. The van der Waals surface area contributed by atoms with Crippen LogP contribution in [-0.2, 0) is 0 Å². The normalized spacial score (nSPS) is 14.0. The van der Waals surface area contributed by atoms with Crippen molar-refractivity contribution < 1.29 is 9.26 Å². The van der Waals surface area contributed by atoms with Crippen LogP contribution in [0.2, 0.25) is 0 Å². The Morgan fingerprint density at radius 1 is 1.30 bits per heavy atom. The van der Waals surface area contributed by atoms with Gasteiger partial charge in [0.1, 0.15) is 5.75 Å². The van der Waals surface area contributed by atoms with Gasteiger partial charge in [0, 0.05) is 0 Å². The lowest BCUT2D eigenvalue weighted by molar-refractivity contribution is 0.312. The molecule has 0 aliphatic heterocycles. The summed E-state index contributed by atoms with van der Waals surface area (Å²) in [6, 6.07) is 7.40. The molecule has 2 aromatic rings. The highest BCUT2D eigenvalue weighted by molar-refractivity contribution is 5.63. The molecule has 108 valence electrons. The van der Waals surface area contributed by atoms with Crippen LogP contribution in [0.1, 0.15) is 39.1 Å². The molecule has 1 aromatic heterocycles. The summed E-state index contributed by atoms with van der Waals surface area (Å²) >= 11 is 0. The van der Waals surface area contributed by atoms with Crippen LogP contribution >= 0.6 is 0 Å². The summed E-state index contributed by atoms with van der Waals surface area (Å²) in [7, 11) is 0. The van der Waals surface area contributed by atoms with E-state index in [-0.39, 0.29) is 6.04 Å². The zero-order valence-electron chi connectivity index (χ0n) is 12.2. The van der Waals surface area contributed by atoms with E-state index < -0.39 is 0 Å². The number of benzene rings is 1. The summed E-state index contributed by atoms with van der Waals surface area (Å²) in [5.41, 5.74) is 6.93. The fourth-order valence-electron chi connectivity index (χ4n) is 1.91. The van der Waals surface area contributed by atoms with Gasteiger partial charge in [0.15, 0.2) is 0 Å². The molecular formula is C15H21N3O2. The van der Waals surface area contributed by atoms with E-state index in [0.717, 1.165) is 17.7 Å². The van der Waals surface area contributed by atoms with Crippen molar-refractivity contribution in [1.29, 1.82) is 0 Å². The van der Waals surface area contributed by atoms with Crippen molar-refractivity contribution >= 4 is 0 Å². The lowest BCUT2D eigenvalue weighted by Crippen LogP contribution is -2.18. The van der Waals surface area contributed by atoms with Gasteiger partial charge in [-0.15, -0.1) is 0 Å². The van der Waals surface area contributed by atoms with Crippen LogP contribution in [0.15, 0.2) is 28.8 Å². The molecule has 20 heavy (non-hydrogen) atoms. The largest absolute Gasteiger partial charge is 0.493 e. The van der Waals surface area contributed by atoms with Gasteiger partial charge in [0.25, 0.3) is 0 Å². The van der Waals surface area contributed by atoms with E-state index in [1.165, 1.54) is 0 Å². The van der Waals surface area contributed by atoms with E-state index in [4.69, 9.17) is 15.0 Å². The highest BCUT2D eigenvalue weighted by Crippen LogP contribution is 2.29. The van der Waals surface area contributed by atoms with Crippen molar-refractivity contribution in [2.45, 2.75) is 33.2 Å². The quantitative estimate of drug-likeness (QED) is 0.876. The molecule has 0 spiro atoms. The molecule has 5 nitrogen and oxygen atoms in total. The first-order valence-electron chi connectivity index (χ1n) is 6.98. The second-order valence-corrected chi connectivity index (χ2v) is 4.80. The topological polar surface area (TPSA) is 74.2 Å². The fraction of sp³-hybridized carbons (Fsp3) is 0.467. The Labute approximate surface area is 119 Å². The molecule has 0 saturated carbocycles. The highest BCUT2D eigenvalue weighted by Gasteiger charge is 2.21. The molecule has 0 saturated heterocycles. The zero-order chi connectivity index (χ0) is 14.5. The van der Waals surface area contributed by atoms with E-state index in [2.05, 4.69) is 24.0 Å². The third kappa shape index (κ3) is 2.99. The second kappa shape index (κ2) is 6.52. The molecule has 1 heterocycles. The van der Waals surface area contributed by atoms with Crippen LogP contribution in [0.5, 0.6) is 5.75 Å². The van der Waals surface area contributed by atoms with Gasteiger partial charge in [-0.1, -0.05) is 37.6 Å². The van der Waals surface area contributed by atoms with Crippen LogP contribution < -0.4 is 10.5 Å². The van der Waals surface area contributed by atoms with Gasteiger partial charge < -0.3 is 15.0 Å². The first-order chi connectivity index (χ1) is 9.67. The molecule has 0 bridgehead atoms. The molecular weight excluding hydrogens is 254 g/mol. The number of para-hydroxylation sites is 1. The summed E-state index contributed by atoms with van der Waals surface area (Å²) in [4.78, 5) is 4.41. The molecule has 0 amide bonds. The first-order valence-corrected chi connectivity index (χ1v) is 6.98. The van der Waals surface area contributed by atoms with Gasteiger partial charge >= 0.3 is 0 Å². The predicted octanol–water partition coefficient (Wildman–Crippen LogP) is 3.18. The summed E-state index contributed by atoms with van der Waals surface area (Å²) < 4.78 is 10.9. The monoisotopic (exact) mass is 275 g/mol. The molecule has 2 atom stereocenters. The van der Waals surface area contributed by atoms with E-state index >= 15 is 0 Å². The van der Waals surface area contributed by atoms with Crippen molar-refractivity contribution in [3.05, 3.63) is 30.2 Å². The summed E-state index contributed by atoms with van der Waals surface area (Å²) in [5, 5.41) is 4.02. The minimum Gasteiger partial charge on any atom is -0.493 e. The van der Waals surface area contributed by atoms with Crippen LogP contribution in [0.3, 0.4) is 0 Å². The average molecular weight is 275 g/mol. The van der Waals surface area contributed by atoms with Crippen LogP contribution in [0.25, 0.3) is 11.4 Å². The van der Waals surface area contributed by atoms with E-state index in [9.17, 15) is 0 Å². The van der Waals surface area contributed by atoms with Gasteiger partial charge in [-0.25, -0.2) is 0 Å². The molecule has 0 unspecified atom stereocenters. The third-order valence-electron chi connectivity index (χ3n) is 3.41. The average Bonchev–Trinajstić information content (AvgIpc) is 2.96. The Morgan fingerprint density at radius 2 is 2.05 bits per heavy atom. The predicted molar refractivity (Wildman–Crippen MR) is 77.3 cm³/mol. The van der Waals surface area contributed by atoms with Crippen LogP contribution in [0.4, 0.5) is 0 Å². The maximum Gasteiger partial charge on any atom is 0.244 e. The first kappa shape index (κ1) is 14.5. The van der Waals surface area contributed by atoms with Gasteiger partial charge in [-0.3, -0.25) is 0 Å².